The van der Waals surface area contributed by atoms with Crippen LogP contribution in [0.15, 0.2) is 23.1 Å². The van der Waals surface area contributed by atoms with E-state index in [1.165, 1.54) is 31.5 Å². The second-order valence-corrected chi connectivity index (χ2v) is 7.71. The minimum absolute atomic E-state index is 0.0637. The number of methoxy groups -OCH3 is 2. The van der Waals surface area contributed by atoms with Gasteiger partial charge in [0.1, 0.15) is 16.4 Å². The predicted octanol–water partition coefficient (Wildman–Crippen LogP) is 1.24. The Morgan fingerprint density at radius 3 is 2.46 bits per heavy atom. The molecule has 7 nitrogen and oxygen atoms in total. The fraction of sp³-hybridized carbons (Fsp3) is 0.562. The van der Waals surface area contributed by atoms with Crippen LogP contribution in [0.3, 0.4) is 0 Å². The standard InChI is InChI=1S/C16H24N2O5S/c1-12(19)17-11-13-6-8-18(9-7-13)24(20,21)16-10-14(22-2)4-5-15(16)23-3/h4-5,10,13H,6-9,11H2,1-3H3,(H,17,19). The minimum Gasteiger partial charge on any atom is -0.497 e. The molecule has 1 saturated heterocycles. The van der Waals surface area contributed by atoms with E-state index in [2.05, 4.69) is 5.32 Å². The maximum atomic E-state index is 12.9. The molecule has 0 atom stereocenters. The zero-order chi connectivity index (χ0) is 17.7. The molecule has 0 radical (unpaired) electrons. The zero-order valence-corrected chi connectivity index (χ0v) is 15.1. The fourth-order valence-electron chi connectivity index (χ4n) is 2.77. The lowest BCUT2D eigenvalue weighted by Crippen LogP contribution is -2.41. The highest BCUT2D eigenvalue weighted by Gasteiger charge is 2.31. The minimum atomic E-state index is -3.65. The first-order valence-electron chi connectivity index (χ1n) is 7.85. The number of ether oxygens (including phenoxy) is 2. The van der Waals surface area contributed by atoms with E-state index in [4.69, 9.17) is 9.47 Å². The Kier molecular flexibility index (Phi) is 6.06. The highest BCUT2D eigenvalue weighted by molar-refractivity contribution is 7.89. The van der Waals surface area contributed by atoms with Crippen LogP contribution in [0.5, 0.6) is 11.5 Å². The third-order valence-corrected chi connectivity index (χ3v) is 6.12. The van der Waals surface area contributed by atoms with Crippen molar-refractivity contribution in [3.05, 3.63) is 18.2 Å². The number of nitrogens with zero attached hydrogens (tertiary/aromatic N) is 1. The van der Waals surface area contributed by atoms with Crippen molar-refractivity contribution in [2.45, 2.75) is 24.7 Å². The van der Waals surface area contributed by atoms with Crippen LogP contribution in [0.25, 0.3) is 0 Å². The number of hydrogen-bond acceptors (Lipinski definition) is 5. The third-order valence-electron chi connectivity index (χ3n) is 4.20. The molecule has 2 rings (SSSR count). The number of sulfonamides is 1. The number of carbonyl (C=O) groups is 1. The van der Waals surface area contributed by atoms with Crippen molar-refractivity contribution in [3.8, 4) is 11.5 Å². The Balaban J connectivity index is 2.13. The van der Waals surface area contributed by atoms with Gasteiger partial charge in [-0.05, 0) is 30.9 Å². The Morgan fingerprint density at radius 1 is 1.25 bits per heavy atom. The van der Waals surface area contributed by atoms with Crippen molar-refractivity contribution < 1.29 is 22.7 Å². The number of carbonyl (C=O) groups excluding carboxylic acids is 1. The summed E-state index contributed by atoms with van der Waals surface area (Å²) in [4.78, 5) is 11.1. The highest BCUT2D eigenvalue weighted by atomic mass is 32.2. The third kappa shape index (κ3) is 4.18. The average Bonchev–Trinajstić information content (AvgIpc) is 2.59. The monoisotopic (exact) mass is 356 g/mol. The van der Waals surface area contributed by atoms with Gasteiger partial charge in [-0.2, -0.15) is 4.31 Å². The molecular formula is C16H24N2O5S. The Bertz CT molecular complexity index is 682. The molecule has 0 spiro atoms. The lowest BCUT2D eigenvalue weighted by Gasteiger charge is -2.31. The summed E-state index contributed by atoms with van der Waals surface area (Å²) in [6.07, 6.45) is 1.43. The molecular weight excluding hydrogens is 332 g/mol. The predicted molar refractivity (Wildman–Crippen MR) is 89.7 cm³/mol. The van der Waals surface area contributed by atoms with Crippen LogP contribution in [0.1, 0.15) is 19.8 Å². The molecule has 1 amide bonds. The summed E-state index contributed by atoms with van der Waals surface area (Å²) in [7, 11) is -0.714. The van der Waals surface area contributed by atoms with Gasteiger partial charge in [-0.3, -0.25) is 4.79 Å². The van der Waals surface area contributed by atoms with Gasteiger partial charge in [0.2, 0.25) is 15.9 Å². The molecule has 1 N–H and O–H groups in total. The molecule has 134 valence electrons. The number of nitrogens with one attached hydrogen (secondary N) is 1. The van der Waals surface area contributed by atoms with Crippen LogP contribution < -0.4 is 14.8 Å². The van der Waals surface area contributed by atoms with Crippen molar-refractivity contribution in [2.75, 3.05) is 33.9 Å². The summed E-state index contributed by atoms with van der Waals surface area (Å²) < 4.78 is 37.7. The molecule has 0 unspecified atom stereocenters. The largest absolute Gasteiger partial charge is 0.497 e. The zero-order valence-electron chi connectivity index (χ0n) is 14.2. The normalized spacial score (nSPS) is 16.6. The van der Waals surface area contributed by atoms with Gasteiger partial charge in [0.15, 0.2) is 0 Å². The van der Waals surface area contributed by atoms with Crippen LogP contribution in [0.4, 0.5) is 0 Å². The van der Waals surface area contributed by atoms with Crippen LogP contribution in [-0.4, -0.2) is 52.5 Å². The number of piperidine rings is 1. The summed E-state index contributed by atoms with van der Waals surface area (Å²) in [5.41, 5.74) is 0. The van der Waals surface area contributed by atoms with Gasteiger partial charge in [-0.15, -0.1) is 0 Å². The molecule has 1 aromatic rings. The van der Waals surface area contributed by atoms with Gasteiger partial charge in [-0.1, -0.05) is 0 Å². The number of benzene rings is 1. The highest BCUT2D eigenvalue weighted by Crippen LogP contribution is 2.32. The molecule has 0 saturated carbocycles. The van der Waals surface area contributed by atoms with E-state index in [9.17, 15) is 13.2 Å². The van der Waals surface area contributed by atoms with Gasteiger partial charge >= 0.3 is 0 Å². The molecule has 1 aromatic carbocycles. The van der Waals surface area contributed by atoms with E-state index in [1.54, 1.807) is 12.1 Å². The van der Waals surface area contributed by atoms with E-state index in [-0.39, 0.29) is 10.8 Å². The topological polar surface area (TPSA) is 84.9 Å². The Morgan fingerprint density at radius 2 is 1.92 bits per heavy atom. The van der Waals surface area contributed by atoms with Gasteiger partial charge in [0.25, 0.3) is 0 Å². The quantitative estimate of drug-likeness (QED) is 0.829. The van der Waals surface area contributed by atoms with Crippen LogP contribution in [0.2, 0.25) is 0 Å². The molecule has 1 aliphatic heterocycles. The first kappa shape index (κ1) is 18.5. The SMILES string of the molecule is COc1ccc(OC)c(S(=O)(=O)N2CCC(CNC(C)=O)CC2)c1. The van der Waals surface area contributed by atoms with E-state index < -0.39 is 10.0 Å². The van der Waals surface area contributed by atoms with Crippen molar-refractivity contribution >= 4 is 15.9 Å². The van der Waals surface area contributed by atoms with Crippen LogP contribution in [-0.2, 0) is 14.8 Å². The smallest absolute Gasteiger partial charge is 0.246 e. The molecule has 0 bridgehead atoms. The average molecular weight is 356 g/mol. The first-order valence-corrected chi connectivity index (χ1v) is 9.29. The number of hydrogen-bond donors (Lipinski definition) is 1. The van der Waals surface area contributed by atoms with Gasteiger partial charge in [-0.25, -0.2) is 8.42 Å². The van der Waals surface area contributed by atoms with E-state index in [0.717, 1.165) is 0 Å². The Hall–Kier alpha value is -1.80. The fourth-order valence-corrected chi connectivity index (χ4v) is 4.41. The van der Waals surface area contributed by atoms with Crippen molar-refractivity contribution in [3.63, 3.8) is 0 Å². The summed E-state index contributed by atoms with van der Waals surface area (Å²) in [6, 6.07) is 4.74. The summed E-state index contributed by atoms with van der Waals surface area (Å²) in [5, 5.41) is 2.79. The van der Waals surface area contributed by atoms with Gasteiger partial charge < -0.3 is 14.8 Å². The molecule has 8 heteroatoms. The lowest BCUT2D eigenvalue weighted by molar-refractivity contribution is -0.119. The molecule has 1 fully saturated rings. The van der Waals surface area contributed by atoms with E-state index >= 15 is 0 Å². The summed E-state index contributed by atoms with van der Waals surface area (Å²) >= 11 is 0. The van der Waals surface area contributed by atoms with Gasteiger partial charge in [0.05, 0.1) is 14.2 Å². The van der Waals surface area contributed by atoms with Gasteiger partial charge in [0, 0.05) is 32.6 Å². The lowest BCUT2D eigenvalue weighted by atomic mass is 9.98. The molecule has 1 aliphatic rings. The van der Waals surface area contributed by atoms with Crippen molar-refractivity contribution in [1.82, 2.24) is 9.62 Å². The van der Waals surface area contributed by atoms with Crippen molar-refractivity contribution in [2.24, 2.45) is 5.92 Å². The van der Waals surface area contributed by atoms with Crippen molar-refractivity contribution in [1.29, 1.82) is 0 Å². The van der Waals surface area contributed by atoms with Crippen LogP contribution in [0, 0.1) is 5.92 Å². The maximum Gasteiger partial charge on any atom is 0.246 e. The molecule has 0 aliphatic carbocycles. The van der Waals surface area contributed by atoms with E-state index in [0.29, 0.717) is 49.9 Å². The summed E-state index contributed by atoms with van der Waals surface area (Å²) in [6.45, 7) is 2.92. The second kappa shape index (κ2) is 7.85. The molecule has 0 aromatic heterocycles. The molecule has 1 heterocycles. The second-order valence-electron chi connectivity index (χ2n) is 5.80. The molecule has 24 heavy (non-hydrogen) atoms. The first-order chi connectivity index (χ1) is 11.4. The van der Waals surface area contributed by atoms with E-state index in [1.807, 2.05) is 0 Å². The Labute approximate surface area is 143 Å². The maximum absolute atomic E-state index is 12.9. The number of rotatable bonds is 6. The summed E-state index contributed by atoms with van der Waals surface area (Å²) in [5.74, 6) is 1.00. The van der Waals surface area contributed by atoms with Crippen LogP contribution >= 0.6 is 0 Å². The number of amides is 1.